The van der Waals surface area contributed by atoms with Crippen molar-refractivity contribution in [2.75, 3.05) is 0 Å². The van der Waals surface area contributed by atoms with E-state index in [0.717, 1.165) is 64.8 Å². The van der Waals surface area contributed by atoms with Crippen LogP contribution in [-0.4, -0.2) is 11.4 Å². The summed E-state index contributed by atoms with van der Waals surface area (Å²) in [5.74, 6) is 0. The molecule has 0 unspecified atom stereocenters. The van der Waals surface area contributed by atoms with Gasteiger partial charge in [-0.3, -0.25) is 0 Å². The maximum atomic E-state index is 5.56. The van der Waals surface area contributed by atoms with Crippen LogP contribution in [0.25, 0.3) is 43.8 Å². The number of nitrogens with zero attached hydrogens (tertiary/aromatic N) is 2. The molecule has 63 heavy (non-hydrogen) atoms. The van der Waals surface area contributed by atoms with Crippen LogP contribution in [0, 0.1) is 0 Å². The molecule has 0 heterocycles. The van der Waals surface area contributed by atoms with E-state index in [1.165, 1.54) is 55.3 Å². The Morgan fingerprint density at radius 2 is 0.683 bits per heavy atom. The van der Waals surface area contributed by atoms with E-state index in [1.54, 1.807) is 0 Å². The second kappa shape index (κ2) is 15.1. The number of hydrogen-bond donors (Lipinski definition) is 0. The fourth-order valence-corrected chi connectivity index (χ4v) is 10.6. The molecular weight excluding hydrogens is 896 g/mol. The number of fused-ring (bicyclic) bond motifs is 12. The third-order valence-electron chi connectivity index (χ3n) is 12.9. The van der Waals surface area contributed by atoms with Crippen molar-refractivity contribution in [3.05, 3.63) is 272 Å². The smallest absolute Gasteiger partial charge is 0.0781 e. The maximum absolute atomic E-state index is 5.56. The Morgan fingerprint density at radius 1 is 0.317 bits per heavy atom. The molecule has 0 aliphatic heterocycles. The molecule has 0 aromatic heterocycles. The van der Waals surface area contributed by atoms with Crippen molar-refractivity contribution < 1.29 is 0 Å². The molecule has 0 amide bonds. The predicted molar refractivity (Wildman–Crippen MR) is 270 cm³/mol. The minimum absolute atomic E-state index is 0.599. The Kier molecular flexibility index (Phi) is 9.07. The van der Waals surface area contributed by atoms with Crippen LogP contribution in [-0.2, 0) is 5.41 Å². The number of aliphatic imine (C=N–C) groups is 2. The molecule has 0 radical (unpaired) electrons. The summed E-state index contributed by atoms with van der Waals surface area (Å²) in [5.41, 5.74) is 17.4. The molecule has 10 aromatic rings. The molecule has 0 N–H and O–H groups in total. The van der Waals surface area contributed by atoms with E-state index in [9.17, 15) is 0 Å². The molecule has 1 spiro atoms. The lowest BCUT2D eigenvalue weighted by Crippen LogP contribution is -2.26. The quantitative estimate of drug-likeness (QED) is 0.148. The maximum Gasteiger partial charge on any atom is 0.0781 e. The van der Waals surface area contributed by atoms with Gasteiger partial charge in [0.1, 0.15) is 0 Å². The zero-order valence-corrected chi connectivity index (χ0v) is 37.1. The fourth-order valence-electron chi connectivity index (χ4n) is 10.1. The van der Waals surface area contributed by atoms with Crippen molar-refractivity contribution in [3.8, 4) is 22.3 Å². The van der Waals surface area contributed by atoms with Crippen molar-refractivity contribution in [3.63, 3.8) is 0 Å². The Labute approximate surface area is 383 Å². The van der Waals surface area contributed by atoms with Gasteiger partial charge in [-0.25, -0.2) is 9.98 Å². The van der Waals surface area contributed by atoms with Gasteiger partial charge in [-0.2, -0.15) is 0 Å². The Hall–Kier alpha value is -6.98. The van der Waals surface area contributed by atoms with Crippen LogP contribution < -0.4 is 0 Å². The van der Waals surface area contributed by atoms with Crippen LogP contribution in [0.5, 0.6) is 0 Å². The Bertz CT molecular complexity index is 3280. The van der Waals surface area contributed by atoms with Gasteiger partial charge in [0.05, 0.1) is 28.2 Å². The topological polar surface area (TPSA) is 24.7 Å². The van der Waals surface area contributed by atoms with Crippen molar-refractivity contribution in [1.82, 2.24) is 0 Å². The molecule has 10 aromatic carbocycles. The van der Waals surface area contributed by atoms with E-state index in [1.807, 2.05) is 0 Å². The molecule has 0 saturated carbocycles. The monoisotopic (exact) mass is 930 g/mol. The molecule has 0 fully saturated rings. The number of hydrogen-bond acceptors (Lipinski definition) is 2. The van der Waals surface area contributed by atoms with E-state index >= 15 is 0 Å². The highest BCUT2D eigenvalue weighted by molar-refractivity contribution is 9.10. The van der Waals surface area contributed by atoms with Crippen molar-refractivity contribution in [2.24, 2.45) is 9.98 Å². The first-order valence-corrected chi connectivity index (χ1v) is 22.8. The molecule has 12 rings (SSSR count). The van der Waals surface area contributed by atoms with Crippen LogP contribution in [0.3, 0.4) is 0 Å². The van der Waals surface area contributed by atoms with E-state index in [-0.39, 0.29) is 0 Å². The van der Waals surface area contributed by atoms with Crippen molar-refractivity contribution in [1.29, 1.82) is 0 Å². The number of halogens is 2. The number of benzene rings is 10. The molecule has 0 atom stereocenters. The summed E-state index contributed by atoms with van der Waals surface area (Å²) in [5, 5.41) is 4.58. The normalized spacial score (nSPS) is 15.1. The molecule has 4 heteroatoms. The highest BCUT2D eigenvalue weighted by atomic mass is 79.9. The minimum atomic E-state index is -0.599. The van der Waals surface area contributed by atoms with Crippen LogP contribution in [0.15, 0.2) is 237 Å². The SMILES string of the molecule is Brc1ccc(C(=Nc2cccc3ccccc23)c2ccc3c(c2)C2(c4ccccc4-3)c3ccccc3-c3ccc(C(=Nc4cccc5ccccc45)c4ccc(Br)cc4)cc32)cc1. The first kappa shape index (κ1) is 37.8. The Balaban J connectivity index is 1.12. The summed E-state index contributed by atoms with van der Waals surface area (Å²) in [4.78, 5) is 11.1. The number of rotatable bonds is 6. The average molecular weight is 933 g/mol. The van der Waals surface area contributed by atoms with Crippen LogP contribution in [0.1, 0.15) is 44.5 Å². The summed E-state index contributed by atoms with van der Waals surface area (Å²) in [6, 6.07) is 78.9. The zero-order chi connectivity index (χ0) is 42.1. The van der Waals surface area contributed by atoms with E-state index in [4.69, 9.17) is 9.98 Å². The van der Waals surface area contributed by atoms with Gasteiger partial charge < -0.3 is 0 Å². The van der Waals surface area contributed by atoms with Gasteiger partial charge >= 0.3 is 0 Å². The molecular formula is C59H36Br2N2. The molecule has 0 bridgehead atoms. The minimum Gasteiger partial charge on any atom is -0.247 e. The summed E-state index contributed by atoms with van der Waals surface area (Å²) < 4.78 is 2.06. The first-order valence-electron chi connectivity index (χ1n) is 21.2. The first-order chi connectivity index (χ1) is 31.0. The molecule has 2 aliphatic rings. The van der Waals surface area contributed by atoms with E-state index in [0.29, 0.717) is 0 Å². The van der Waals surface area contributed by atoms with E-state index in [2.05, 4.69) is 250 Å². The summed E-state index contributed by atoms with van der Waals surface area (Å²) in [6.45, 7) is 0. The molecule has 0 saturated heterocycles. The van der Waals surface area contributed by atoms with Gasteiger partial charge in [0.25, 0.3) is 0 Å². The predicted octanol–water partition coefficient (Wildman–Crippen LogP) is 16.2. The van der Waals surface area contributed by atoms with Gasteiger partial charge in [-0.05, 0) is 104 Å². The molecule has 2 aliphatic carbocycles. The summed E-state index contributed by atoms with van der Waals surface area (Å²) in [6.07, 6.45) is 0. The average Bonchev–Trinajstić information content (AvgIpc) is 3.80. The standard InChI is InChI=1S/C59H36Br2N2/c60-43-29-23-39(24-30-43)57(62-55-21-9-13-37-11-1-3-15-45(37)55)41-27-33-49-47-17-5-7-19-51(47)59(53(49)35-41)52-20-8-6-18-48(52)50-34-28-42(36-54(50)59)58(40-25-31-44(61)32-26-40)63-56-22-10-14-38-12-2-4-16-46(38)56/h1-36H. The lowest BCUT2D eigenvalue weighted by molar-refractivity contribution is 0.793. The third-order valence-corrected chi connectivity index (χ3v) is 13.9. The second-order valence-corrected chi connectivity index (χ2v) is 18.1. The van der Waals surface area contributed by atoms with Crippen molar-refractivity contribution in [2.45, 2.75) is 5.41 Å². The summed E-state index contributed by atoms with van der Waals surface area (Å²) in [7, 11) is 0. The lowest BCUT2D eigenvalue weighted by Gasteiger charge is -2.31. The van der Waals surface area contributed by atoms with Gasteiger partial charge in [0, 0.05) is 42.0 Å². The highest BCUT2D eigenvalue weighted by Crippen LogP contribution is 2.63. The van der Waals surface area contributed by atoms with Gasteiger partial charge in [0.15, 0.2) is 0 Å². The fraction of sp³-hybridized carbons (Fsp3) is 0.0169. The lowest BCUT2D eigenvalue weighted by atomic mass is 9.70. The van der Waals surface area contributed by atoms with E-state index < -0.39 is 5.41 Å². The summed E-state index contributed by atoms with van der Waals surface area (Å²) >= 11 is 7.38. The van der Waals surface area contributed by atoms with Crippen LogP contribution in [0.4, 0.5) is 11.4 Å². The third kappa shape index (κ3) is 6.12. The zero-order valence-electron chi connectivity index (χ0n) is 33.9. The van der Waals surface area contributed by atoms with Crippen molar-refractivity contribution >= 4 is 76.2 Å². The van der Waals surface area contributed by atoms with Gasteiger partial charge in [-0.1, -0.05) is 202 Å². The van der Waals surface area contributed by atoms with Gasteiger partial charge in [0.2, 0.25) is 0 Å². The molecule has 296 valence electrons. The second-order valence-electron chi connectivity index (χ2n) is 16.3. The van der Waals surface area contributed by atoms with Gasteiger partial charge in [-0.15, -0.1) is 0 Å². The molecule has 2 nitrogen and oxygen atoms in total. The van der Waals surface area contributed by atoms with Crippen LogP contribution >= 0.6 is 31.9 Å². The highest BCUT2D eigenvalue weighted by Gasteiger charge is 2.52. The van der Waals surface area contributed by atoms with Crippen LogP contribution in [0.2, 0.25) is 0 Å². The Morgan fingerprint density at radius 3 is 1.14 bits per heavy atom. The largest absolute Gasteiger partial charge is 0.247 e.